The molecule has 0 fully saturated rings. The van der Waals surface area contributed by atoms with E-state index >= 15 is 0 Å². The smallest absolute Gasteiger partial charge is 0.431 e. The highest BCUT2D eigenvalue weighted by Crippen LogP contribution is 2.35. The predicted molar refractivity (Wildman–Crippen MR) is 107 cm³/mol. The largest absolute Gasteiger partial charge is 0.496 e. The molecule has 31 heavy (non-hydrogen) atoms. The minimum absolute atomic E-state index is 0.0860. The first-order chi connectivity index (χ1) is 14.6. The fourth-order valence-electron chi connectivity index (χ4n) is 3.40. The molecule has 2 aromatic heterocycles. The van der Waals surface area contributed by atoms with E-state index in [1.165, 1.54) is 25.3 Å². The van der Waals surface area contributed by atoms with Crippen molar-refractivity contribution in [2.24, 2.45) is 7.05 Å². The molecule has 2 aromatic carbocycles. The molecule has 0 spiro atoms. The van der Waals surface area contributed by atoms with Gasteiger partial charge in [0.1, 0.15) is 17.1 Å². The minimum Gasteiger partial charge on any atom is -0.496 e. The van der Waals surface area contributed by atoms with Crippen molar-refractivity contribution in [2.75, 3.05) is 7.11 Å². The Labute approximate surface area is 172 Å². The van der Waals surface area contributed by atoms with Crippen molar-refractivity contribution >= 4 is 11.0 Å². The van der Waals surface area contributed by atoms with Crippen molar-refractivity contribution in [1.29, 1.82) is 0 Å². The molecular weight excluding hydrogens is 415 g/mol. The lowest BCUT2D eigenvalue weighted by molar-refractivity contribution is -0.144. The molecule has 0 N–H and O–H groups in total. The summed E-state index contributed by atoms with van der Waals surface area (Å²) in [5.74, 6) is 0.536. The number of fused-ring (bicyclic) bond motifs is 1. The molecule has 0 unspecified atom stereocenters. The van der Waals surface area contributed by atoms with Crippen molar-refractivity contribution in [3.63, 3.8) is 0 Å². The molecular formula is C21H16F3N3O4. The Hall–Kier alpha value is -3.82. The second-order valence-electron chi connectivity index (χ2n) is 6.96. The first kappa shape index (κ1) is 20.5. The SMILES string of the molecule is COc1ccc(C)cc1-c1noc2ccc(-n3c(=O)cc(C(F)(F)F)n(C)c3=O)cc12. The molecule has 10 heteroatoms. The van der Waals surface area contributed by atoms with Crippen LogP contribution in [0.2, 0.25) is 0 Å². The monoisotopic (exact) mass is 431 g/mol. The Balaban J connectivity index is 1.96. The fourth-order valence-corrected chi connectivity index (χ4v) is 3.40. The number of hydrogen-bond acceptors (Lipinski definition) is 5. The predicted octanol–water partition coefficient (Wildman–Crippen LogP) is 3.68. The number of methoxy groups -OCH3 is 1. The van der Waals surface area contributed by atoms with Crippen LogP contribution in [0.5, 0.6) is 5.75 Å². The molecule has 0 radical (unpaired) electrons. The van der Waals surface area contributed by atoms with Crippen LogP contribution in [0.1, 0.15) is 11.3 Å². The van der Waals surface area contributed by atoms with E-state index in [1.54, 1.807) is 6.07 Å². The number of aromatic nitrogens is 3. The molecule has 4 rings (SSSR count). The first-order valence-electron chi connectivity index (χ1n) is 9.07. The van der Waals surface area contributed by atoms with Crippen molar-refractivity contribution in [2.45, 2.75) is 13.1 Å². The molecule has 0 atom stereocenters. The van der Waals surface area contributed by atoms with Crippen LogP contribution in [0.15, 0.2) is 56.6 Å². The molecule has 0 aliphatic heterocycles. The maximum absolute atomic E-state index is 13.1. The fraction of sp³-hybridized carbons (Fsp3) is 0.190. The van der Waals surface area contributed by atoms with Gasteiger partial charge >= 0.3 is 11.9 Å². The number of halogens is 3. The number of alkyl halides is 3. The highest BCUT2D eigenvalue weighted by atomic mass is 19.4. The zero-order chi connectivity index (χ0) is 22.5. The van der Waals surface area contributed by atoms with Gasteiger partial charge in [0.05, 0.1) is 18.2 Å². The Morgan fingerprint density at radius 1 is 1.06 bits per heavy atom. The highest BCUT2D eigenvalue weighted by molar-refractivity contribution is 5.94. The van der Waals surface area contributed by atoms with E-state index in [0.717, 1.165) is 12.6 Å². The summed E-state index contributed by atoms with van der Waals surface area (Å²) in [6.45, 7) is 1.89. The summed E-state index contributed by atoms with van der Waals surface area (Å²) in [6.07, 6.45) is -4.83. The van der Waals surface area contributed by atoms with Gasteiger partial charge < -0.3 is 9.26 Å². The number of hydrogen-bond donors (Lipinski definition) is 0. The van der Waals surface area contributed by atoms with Gasteiger partial charge in [-0.05, 0) is 37.3 Å². The Morgan fingerprint density at radius 2 is 1.81 bits per heavy atom. The molecule has 0 saturated carbocycles. The van der Waals surface area contributed by atoms with Gasteiger partial charge in [-0.2, -0.15) is 13.2 Å². The first-order valence-corrected chi connectivity index (χ1v) is 9.07. The van der Waals surface area contributed by atoms with Gasteiger partial charge in [-0.1, -0.05) is 16.8 Å². The number of benzene rings is 2. The van der Waals surface area contributed by atoms with E-state index in [2.05, 4.69) is 5.16 Å². The molecule has 0 aliphatic rings. The van der Waals surface area contributed by atoms with Crippen LogP contribution in [0.4, 0.5) is 13.2 Å². The summed E-state index contributed by atoms with van der Waals surface area (Å²) >= 11 is 0. The van der Waals surface area contributed by atoms with Gasteiger partial charge in [0.15, 0.2) is 5.58 Å². The van der Waals surface area contributed by atoms with Crippen LogP contribution in [-0.4, -0.2) is 21.4 Å². The van der Waals surface area contributed by atoms with Gasteiger partial charge in [0, 0.05) is 18.7 Å². The van der Waals surface area contributed by atoms with Crippen molar-refractivity contribution < 1.29 is 22.4 Å². The third kappa shape index (κ3) is 3.39. The Bertz CT molecular complexity index is 1430. The lowest BCUT2D eigenvalue weighted by atomic mass is 10.0. The van der Waals surface area contributed by atoms with Gasteiger partial charge in [-0.3, -0.25) is 9.36 Å². The molecule has 0 bridgehead atoms. The summed E-state index contributed by atoms with van der Waals surface area (Å²) in [7, 11) is 2.47. The molecule has 160 valence electrons. The van der Waals surface area contributed by atoms with Crippen LogP contribution >= 0.6 is 0 Å². The lowest BCUT2D eigenvalue weighted by Crippen LogP contribution is -2.40. The van der Waals surface area contributed by atoms with Gasteiger partial charge in [-0.15, -0.1) is 0 Å². The average molecular weight is 431 g/mol. The highest BCUT2D eigenvalue weighted by Gasteiger charge is 2.35. The maximum atomic E-state index is 13.1. The van der Waals surface area contributed by atoms with Crippen molar-refractivity contribution in [3.8, 4) is 22.7 Å². The molecule has 0 amide bonds. The Kier molecular flexibility index (Phi) is 4.72. The summed E-state index contributed by atoms with van der Waals surface area (Å²) in [5, 5.41) is 4.55. The van der Waals surface area contributed by atoms with E-state index in [1.807, 2.05) is 19.1 Å². The van der Waals surface area contributed by atoms with Gasteiger partial charge in [0.2, 0.25) is 0 Å². The minimum atomic E-state index is -4.83. The van der Waals surface area contributed by atoms with Crippen LogP contribution in [0.25, 0.3) is 27.9 Å². The number of rotatable bonds is 3. The van der Waals surface area contributed by atoms with E-state index in [9.17, 15) is 22.8 Å². The summed E-state index contributed by atoms with van der Waals surface area (Å²) in [4.78, 5) is 25.0. The zero-order valence-electron chi connectivity index (χ0n) is 16.6. The van der Waals surface area contributed by atoms with Crippen LogP contribution in [0.3, 0.4) is 0 Å². The third-order valence-corrected chi connectivity index (χ3v) is 4.93. The molecule has 0 aliphatic carbocycles. The standard InChI is InChI=1S/C21H16F3N3O4/c1-11-4-6-15(30-3)13(8-11)19-14-9-12(5-7-16(14)31-25-19)27-18(28)10-17(21(22,23)24)26(2)20(27)29/h4-10H,1-3H3. The second-order valence-corrected chi connectivity index (χ2v) is 6.96. The lowest BCUT2D eigenvalue weighted by Gasteiger charge is -2.14. The number of nitrogens with zero attached hydrogens (tertiary/aromatic N) is 3. The number of aryl methyl sites for hydroxylation is 1. The molecule has 2 heterocycles. The van der Waals surface area contributed by atoms with E-state index < -0.39 is 23.1 Å². The van der Waals surface area contributed by atoms with Gasteiger partial charge in [0.25, 0.3) is 5.56 Å². The van der Waals surface area contributed by atoms with Crippen LogP contribution < -0.4 is 16.0 Å². The zero-order valence-corrected chi connectivity index (χ0v) is 16.6. The summed E-state index contributed by atoms with van der Waals surface area (Å²) in [6, 6.07) is 10.2. The van der Waals surface area contributed by atoms with E-state index in [4.69, 9.17) is 9.26 Å². The summed E-state index contributed by atoms with van der Waals surface area (Å²) < 4.78 is 51.1. The molecule has 0 saturated heterocycles. The van der Waals surface area contributed by atoms with E-state index in [0.29, 0.717) is 43.2 Å². The van der Waals surface area contributed by atoms with Gasteiger partial charge in [-0.25, -0.2) is 9.36 Å². The molecule has 7 nitrogen and oxygen atoms in total. The third-order valence-electron chi connectivity index (χ3n) is 4.93. The second kappa shape index (κ2) is 7.15. The van der Waals surface area contributed by atoms with Crippen LogP contribution in [0, 0.1) is 6.92 Å². The quantitative estimate of drug-likeness (QED) is 0.495. The summed E-state index contributed by atoms with van der Waals surface area (Å²) in [5.41, 5.74) is -1.10. The maximum Gasteiger partial charge on any atom is 0.431 e. The molecule has 4 aromatic rings. The normalized spacial score (nSPS) is 11.8. The van der Waals surface area contributed by atoms with Crippen molar-refractivity contribution in [3.05, 3.63) is 74.6 Å². The topological polar surface area (TPSA) is 79.3 Å². The Morgan fingerprint density at radius 3 is 2.48 bits per heavy atom. The van der Waals surface area contributed by atoms with Crippen molar-refractivity contribution in [1.82, 2.24) is 14.3 Å². The van der Waals surface area contributed by atoms with E-state index in [-0.39, 0.29) is 5.69 Å². The number of ether oxygens (including phenoxy) is 1. The van der Waals surface area contributed by atoms with Crippen LogP contribution in [-0.2, 0) is 13.2 Å². The average Bonchev–Trinajstić information content (AvgIpc) is 3.13.